The Labute approximate surface area is 119 Å². The van der Waals surface area contributed by atoms with E-state index < -0.39 is 0 Å². The molecule has 0 fully saturated rings. The van der Waals surface area contributed by atoms with Crippen LogP contribution in [0.1, 0.15) is 31.2 Å². The second-order valence-corrected chi connectivity index (χ2v) is 5.46. The summed E-state index contributed by atoms with van der Waals surface area (Å²) in [5.41, 5.74) is 11.2. The van der Waals surface area contributed by atoms with Crippen molar-refractivity contribution in [2.45, 2.75) is 26.7 Å². The van der Waals surface area contributed by atoms with E-state index in [4.69, 9.17) is 5.73 Å². The zero-order chi connectivity index (χ0) is 14.3. The molecule has 2 aromatic carbocycles. The molecule has 0 spiro atoms. The number of hydrogen-bond donors (Lipinski definition) is 1. The zero-order valence-electron chi connectivity index (χ0n) is 12.1. The van der Waals surface area contributed by atoms with Gasteiger partial charge < -0.3 is 5.73 Å². The minimum Gasteiger partial charge on any atom is -0.399 e. The number of aromatic nitrogens is 2. The molecule has 0 saturated heterocycles. The third kappa shape index (κ3) is 1.95. The SMILES string of the molecule is Cc1nc2cc(N)ccc2n1-c1ccccc1C(C)C. The Balaban J connectivity index is 2.33. The van der Waals surface area contributed by atoms with Gasteiger partial charge in [-0.15, -0.1) is 0 Å². The van der Waals surface area contributed by atoms with E-state index in [0.29, 0.717) is 5.92 Å². The summed E-state index contributed by atoms with van der Waals surface area (Å²) in [5.74, 6) is 1.45. The number of benzene rings is 2. The van der Waals surface area contributed by atoms with E-state index in [9.17, 15) is 0 Å². The molecule has 3 nitrogen and oxygen atoms in total. The standard InChI is InChI=1S/C17H19N3/c1-11(2)14-6-4-5-7-16(14)20-12(3)19-15-10-13(18)8-9-17(15)20/h4-11H,18H2,1-3H3. The van der Waals surface area contributed by atoms with Gasteiger partial charge in [-0.3, -0.25) is 4.57 Å². The Hall–Kier alpha value is -2.29. The van der Waals surface area contributed by atoms with Crippen LogP contribution in [0.15, 0.2) is 42.5 Å². The van der Waals surface area contributed by atoms with Crippen molar-refractivity contribution in [1.29, 1.82) is 0 Å². The highest BCUT2D eigenvalue weighted by Crippen LogP contribution is 2.28. The van der Waals surface area contributed by atoms with Gasteiger partial charge in [-0.1, -0.05) is 32.0 Å². The molecule has 3 rings (SSSR count). The minimum atomic E-state index is 0.469. The lowest BCUT2D eigenvalue weighted by atomic mass is 10.0. The van der Waals surface area contributed by atoms with Gasteiger partial charge in [-0.25, -0.2) is 4.98 Å². The molecule has 1 aromatic heterocycles. The summed E-state index contributed by atoms with van der Waals surface area (Å²) in [6, 6.07) is 14.4. The first-order valence-electron chi connectivity index (χ1n) is 6.92. The maximum atomic E-state index is 5.85. The number of fused-ring (bicyclic) bond motifs is 1. The summed E-state index contributed by atoms with van der Waals surface area (Å²) in [5, 5.41) is 0. The van der Waals surface area contributed by atoms with Gasteiger partial charge in [0.25, 0.3) is 0 Å². The zero-order valence-corrected chi connectivity index (χ0v) is 12.1. The monoisotopic (exact) mass is 265 g/mol. The lowest BCUT2D eigenvalue weighted by Crippen LogP contribution is -2.02. The van der Waals surface area contributed by atoms with Gasteiger partial charge in [0.15, 0.2) is 0 Å². The summed E-state index contributed by atoms with van der Waals surface area (Å²) in [4.78, 5) is 4.63. The van der Waals surface area contributed by atoms with Gasteiger partial charge in [0.2, 0.25) is 0 Å². The van der Waals surface area contributed by atoms with E-state index >= 15 is 0 Å². The molecule has 0 aliphatic heterocycles. The van der Waals surface area contributed by atoms with Crippen LogP contribution in [-0.2, 0) is 0 Å². The fourth-order valence-corrected chi connectivity index (χ4v) is 2.70. The number of imidazole rings is 1. The molecule has 3 heteroatoms. The van der Waals surface area contributed by atoms with Crippen molar-refractivity contribution in [1.82, 2.24) is 9.55 Å². The van der Waals surface area contributed by atoms with Gasteiger partial charge in [0, 0.05) is 5.69 Å². The summed E-state index contributed by atoms with van der Waals surface area (Å²) < 4.78 is 2.21. The molecule has 2 N–H and O–H groups in total. The number of nitrogens with zero attached hydrogens (tertiary/aromatic N) is 2. The highest BCUT2D eigenvalue weighted by atomic mass is 15.1. The maximum absolute atomic E-state index is 5.85. The van der Waals surface area contributed by atoms with Crippen molar-refractivity contribution in [2.75, 3.05) is 5.73 Å². The molecule has 0 bridgehead atoms. The van der Waals surface area contributed by atoms with E-state index in [2.05, 4.69) is 47.7 Å². The smallest absolute Gasteiger partial charge is 0.111 e. The molecule has 0 radical (unpaired) electrons. The summed E-state index contributed by atoms with van der Waals surface area (Å²) in [6.07, 6.45) is 0. The number of para-hydroxylation sites is 1. The van der Waals surface area contributed by atoms with Crippen LogP contribution in [0.5, 0.6) is 0 Å². The molecule has 0 saturated carbocycles. The quantitative estimate of drug-likeness (QED) is 0.711. The Morgan fingerprint density at radius 2 is 1.85 bits per heavy atom. The van der Waals surface area contributed by atoms with Crippen LogP contribution in [-0.4, -0.2) is 9.55 Å². The summed E-state index contributed by atoms with van der Waals surface area (Å²) >= 11 is 0. The lowest BCUT2D eigenvalue weighted by Gasteiger charge is -2.15. The van der Waals surface area contributed by atoms with Crippen molar-refractivity contribution < 1.29 is 0 Å². The maximum Gasteiger partial charge on any atom is 0.111 e. The minimum absolute atomic E-state index is 0.469. The van der Waals surface area contributed by atoms with Crippen LogP contribution < -0.4 is 5.73 Å². The van der Waals surface area contributed by atoms with Gasteiger partial charge in [-0.05, 0) is 42.7 Å². The van der Waals surface area contributed by atoms with Crippen molar-refractivity contribution in [3.63, 3.8) is 0 Å². The Morgan fingerprint density at radius 1 is 1.10 bits per heavy atom. The molecule has 3 aromatic rings. The van der Waals surface area contributed by atoms with Crippen LogP contribution >= 0.6 is 0 Å². The molecule has 0 aliphatic rings. The van der Waals surface area contributed by atoms with Crippen molar-refractivity contribution in [3.05, 3.63) is 53.9 Å². The fraction of sp³-hybridized carbons (Fsp3) is 0.235. The Bertz CT molecular complexity index is 769. The predicted octanol–water partition coefficient (Wildman–Crippen LogP) is 4.04. The lowest BCUT2D eigenvalue weighted by molar-refractivity contribution is 0.843. The topological polar surface area (TPSA) is 43.8 Å². The van der Waals surface area contributed by atoms with Gasteiger partial charge in [0.1, 0.15) is 5.82 Å². The van der Waals surface area contributed by atoms with E-state index in [-0.39, 0.29) is 0 Å². The molecule has 0 amide bonds. The molecule has 0 atom stereocenters. The first kappa shape index (κ1) is 12.7. The summed E-state index contributed by atoms with van der Waals surface area (Å²) in [7, 11) is 0. The fourth-order valence-electron chi connectivity index (χ4n) is 2.70. The van der Waals surface area contributed by atoms with Gasteiger partial charge in [0.05, 0.1) is 16.7 Å². The third-order valence-electron chi connectivity index (χ3n) is 3.65. The van der Waals surface area contributed by atoms with E-state index in [1.165, 1.54) is 11.3 Å². The van der Waals surface area contributed by atoms with Gasteiger partial charge >= 0.3 is 0 Å². The van der Waals surface area contributed by atoms with E-state index in [0.717, 1.165) is 22.5 Å². The molecule has 1 heterocycles. The largest absolute Gasteiger partial charge is 0.399 e. The first-order chi connectivity index (χ1) is 9.58. The second kappa shape index (κ2) is 4.67. The molecular weight excluding hydrogens is 246 g/mol. The van der Waals surface area contributed by atoms with Crippen LogP contribution in [0.25, 0.3) is 16.7 Å². The first-order valence-corrected chi connectivity index (χ1v) is 6.92. The second-order valence-electron chi connectivity index (χ2n) is 5.46. The van der Waals surface area contributed by atoms with E-state index in [1.807, 2.05) is 25.1 Å². The van der Waals surface area contributed by atoms with E-state index in [1.54, 1.807) is 0 Å². The highest BCUT2D eigenvalue weighted by molar-refractivity contribution is 5.81. The van der Waals surface area contributed by atoms with Gasteiger partial charge in [-0.2, -0.15) is 0 Å². The van der Waals surface area contributed by atoms with Crippen LogP contribution in [0.3, 0.4) is 0 Å². The predicted molar refractivity (Wildman–Crippen MR) is 84.3 cm³/mol. The average Bonchev–Trinajstić information content (AvgIpc) is 2.73. The van der Waals surface area contributed by atoms with Crippen molar-refractivity contribution in [2.24, 2.45) is 0 Å². The molecule has 0 unspecified atom stereocenters. The highest BCUT2D eigenvalue weighted by Gasteiger charge is 2.13. The Morgan fingerprint density at radius 3 is 2.60 bits per heavy atom. The van der Waals surface area contributed by atoms with Crippen molar-refractivity contribution in [3.8, 4) is 5.69 Å². The number of nitrogen functional groups attached to an aromatic ring is 1. The number of rotatable bonds is 2. The Kier molecular flexibility index (Phi) is 2.97. The number of nitrogens with two attached hydrogens (primary N) is 1. The molecular formula is C17H19N3. The number of anilines is 1. The normalized spacial score (nSPS) is 11.4. The summed E-state index contributed by atoms with van der Waals surface area (Å²) in [6.45, 7) is 6.46. The molecule has 102 valence electrons. The third-order valence-corrected chi connectivity index (χ3v) is 3.65. The molecule has 20 heavy (non-hydrogen) atoms. The van der Waals surface area contributed by atoms with Crippen LogP contribution in [0.4, 0.5) is 5.69 Å². The average molecular weight is 265 g/mol. The van der Waals surface area contributed by atoms with Crippen molar-refractivity contribution >= 4 is 16.7 Å². The number of aryl methyl sites for hydroxylation is 1. The van der Waals surface area contributed by atoms with Crippen LogP contribution in [0.2, 0.25) is 0 Å². The molecule has 0 aliphatic carbocycles. The van der Waals surface area contributed by atoms with Crippen LogP contribution in [0, 0.1) is 6.92 Å². The number of hydrogen-bond acceptors (Lipinski definition) is 2.